The summed E-state index contributed by atoms with van der Waals surface area (Å²) in [5.41, 5.74) is 8.38. The zero-order valence-electron chi connectivity index (χ0n) is 8.12. The maximum Gasteiger partial charge on any atom is 0.106 e. The Balaban J connectivity index is 2.62. The van der Waals surface area contributed by atoms with Gasteiger partial charge in [-0.25, -0.2) is 0 Å². The SMILES string of the molecule is Cc1c(C(O)CN)[nH]c2ccccc12. The van der Waals surface area contributed by atoms with Gasteiger partial charge in [-0.05, 0) is 18.6 Å². The summed E-state index contributed by atoms with van der Waals surface area (Å²) in [6.45, 7) is 2.24. The number of aryl methyl sites for hydroxylation is 1. The molecule has 14 heavy (non-hydrogen) atoms. The van der Waals surface area contributed by atoms with Gasteiger partial charge in [0, 0.05) is 23.1 Å². The number of fused-ring (bicyclic) bond motifs is 1. The summed E-state index contributed by atoms with van der Waals surface area (Å²) in [6.07, 6.45) is -0.595. The maximum atomic E-state index is 9.65. The Kier molecular flexibility index (Phi) is 2.27. The van der Waals surface area contributed by atoms with E-state index in [9.17, 15) is 5.11 Å². The van der Waals surface area contributed by atoms with Crippen molar-refractivity contribution in [3.8, 4) is 0 Å². The van der Waals surface area contributed by atoms with Gasteiger partial charge in [0.15, 0.2) is 0 Å². The summed E-state index contributed by atoms with van der Waals surface area (Å²) in [4.78, 5) is 3.18. The molecule has 4 N–H and O–H groups in total. The molecule has 0 saturated heterocycles. The van der Waals surface area contributed by atoms with Crippen molar-refractivity contribution in [3.63, 3.8) is 0 Å². The summed E-state index contributed by atoms with van der Waals surface area (Å²) in [7, 11) is 0. The van der Waals surface area contributed by atoms with E-state index >= 15 is 0 Å². The van der Waals surface area contributed by atoms with Crippen LogP contribution < -0.4 is 5.73 Å². The van der Waals surface area contributed by atoms with Crippen LogP contribution in [0.3, 0.4) is 0 Å². The highest BCUT2D eigenvalue weighted by Gasteiger charge is 2.12. The van der Waals surface area contributed by atoms with Crippen molar-refractivity contribution in [1.29, 1.82) is 0 Å². The number of aliphatic hydroxyl groups excluding tert-OH is 1. The fourth-order valence-electron chi connectivity index (χ4n) is 1.75. The van der Waals surface area contributed by atoms with E-state index in [1.807, 2.05) is 31.2 Å². The van der Waals surface area contributed by atoms with E-state index in [0.717, 1.165) is 22.2 Å². The fraction of sp³-hybridized carbons (Fsp3) is 0.273. The number of hydrogen-bond acceptors (Lipinski definition) is 2. The van der Waals surface area contributed by atoms with Crippen molar-refractivity contribution in [3.05, 3.63) is 35.5 Å². The van der Waals surface area contributed by atoms with Gasteiger partial charge in [0.1, 0.15) is 6.10 Å². The van der Waals surface area contributed by atoms with Crippen LogP contribution in [0.4, 0.5) is 0 Å². The highest BCUT2D eigenvalue weighted by Crippen LogP contribution is 2.25. The summed E-state index contributed by atoms with van der Waals surface area (Å²) in [5, 5.41) is 10.8. The number of para-hydroxylation sites is 1. The zero-order valence-corrected chi connectivity index (χ0v) is 8.12. The Morgan fingerprint density at radius 2 is 2.14 bits per heavy atom. The van der Waals surface area contributed by atoms with Gasteiger partial charge in [-0.3, -0.25) is 0 Å². The Hall–Kier alpha value is -1.32. The first kappa shape index (κ1) is 9.24. The zero-order chi connectivity index (χ0) is 10.1. The molecule has 3 nitrogen and oxygen atoms in total. The lowest BCUT2D eigenvalue weighted by atomic mass is 10.1. The molecule has 1 aromatic carbocycles. The molecule has 1 aromatic heterocycles. The quantitative estimate of drug-likeness (QED) is 0.671. The maximum absolute atomic E-state index is 9.65. The number of rotatable bonds is 2. The normalized spacial score (nSPS) is 13.4. The van der Waals surface area contributed by atoms with E-state index in [4.69, 9.17) is 5.73 Å². The first-order valence-corrected chi connectivity index (χ1v) is 4.69. The average molecular weight is 190 g/mol. The van der Waals surface area contributed by atoms with Crippen LogP contribution in [0.25, 0.3) is 10.9 Å². The number of hydrogen-bond donors (Lipinski definition) is 3. The molecule has 1 heterocycles. The van der Waals surface area contributed by atoms with E-state index in [-0.39, 0.29) is 6.54 Å². The summed E-state index contributed by atoms with van der Waals surface area (Å²) < 4.78 is 0. The Morgan fingerprint density at radius 3 is 2.79 bits per heavy atom. The molecule has 0 bridgehead atoms. The topological polar surface area (TPSA) is 62.0 Å². The second-order valence-electron chi connectivity index (χ2n) is 3.46. The van der Waals surface area contributed by atoms with Crippen LogP contribution in [0.5, 0.6) is 0 Å². The monoisotopic (exact) mass is 190 g/mol. The molecule has 0 aliphatic heterocycles. The lowest BCUT2D eigenvalue weighted by Gasteiger charge is -2.05. The first-order chi connectivity index (χ1) is 6.74. The molecule has 1 atom stereocenters. The smallest absolute Gasteiger partial charge is 0.106 e. The van der Waals surface area contributed by atoms with E-state index in [1.54, 1.807) is 0 Å². The summed E-state index contributed by atoms with van der Waals surface area (Å²) in [6, 6.07) is 7.99. The van der Waals surface area contributed by atoms with Crippen molar-refractivity contribution in [2.24, 2.45) is 5.73 Å². The molecule has 0 spiro atoms. The van der Waals surface area contributed by atoms with Crippen LogP contribution in [-0.4, -0.2) is 16.6 Å². The molecule has 2 rings (SSSR count). The van der Waals surface area contributed by atoms with Crippen molar-refractivity contribution in [2.75, 3.05) is 6.54 Å². The largest absolute Gasteiger partial charge is 0.386 e. The number of aromatic amines is 1. The first-order valence-electron chi connectivity index (χ1n) is 4.69. The Morgan fingerprint density at radius 1 is 1.43 bits per heavy atom. The third kappa shape index (κ3) is 1.31. The Bertz CT molecular complexity index is 447. The molecular weight excluding hydrogens is 176 g/mol. The summed E-state index contributed by atoms with van der Waals surface area (Å²) in [5.74, 6) is 0. The molecule has 0 aliphatic carbocycles. The minimum atomic E-state index is -0.595. The molecule has 74 valence electrons. The standard InChI is InChI=1S/C11H14N2O/c1-7-8-4-2-3-5-9(8)13-11(7)10(14)6-12/h2-5,10,13-14H,6,12H2,1H3. The lowest BCUT2D eigenvalue weighted by molar-refractivity contribution is 0.182. The number of aliphatic hydroxyl groups is 1. The number of aromatic nitrogens is 1. The van der Waals surface area contributed by atoms with Crippen LogP contribution in [0.15, 0.2) is 24.3 Å². The molecule has 1 unspecified atom stereocenters. The van der Waals surface area contributed by atoms with Crippen LogP contribution in [0.2, 0.25) is 0 Å². The van der Waals surface area contributed by atoms with Crippen molar-refractivity contribution in [2.45, 2.75) is 13.0 Å². The van der Waals surface area contributed by atoms with Crippen LogP contribution in [-0.2, 0) is 0 Å². The van der Waals surface area contributed by atoms with Gasteiger partial charge in [0.2, 0.25) is 0 Å². The third-order valence-electron chi connectivity index (χ3n) is 2.56. The minimum Gasteiger partial charge on any atom is -0.386 e. The molecule has 3 heteroatoms. The van der Waals surface area contributed by atoms with Gasteiger partial charge < -0.3 is 15.8 Å². The van der Waals surface area contributed by atoms with Gasteiger partial charge in [-0.1, -0.05) is 18.2 Å². The highest BCUT2D eigenvalue weighted by molar-refractivity contribution is 5.84. The minimum absolute atomic E-state index is 0.244. The van der Waals surface area contributed by atoms with E-state index in [1.165, 1.54) is 0 Å². The highest BCUT2D eigenvalue weighted by atomic mass is 16.3. The number of nitrogens with two attached hydrogens (primary N) is 1. The van der Waals surface area contributed by atoms with Crippen LogP contribution in [0, 0.1) is 6.92 Å². The number of H-pyrrole nitrogens is 1. The predicted molar refractivity (Wildman–Crippen MR) is 57.0 cm³/mol. The van der Waals surface area contributed by atoms with Crippen molar-refractivity contribution in [1.82, 2.24) is 4.98 Å². The van der Waals surface area contributed by atoms with E-state index in [2.05, 4.69) is 4.98 Å². The molecule has 0 saturated carbocycles. The third-order valence-corrected chi connectivity index (χ3v) is 2.56. The molecule has 0 radical (unpaired) electrons. The predicted octanol–water partition coefficient (Wildman–Crippen LogP) is 1.47. The molecule has 0 amide bonds. The van der Waals surface area contributed by atoms with Crippen LogP contribution >= 0.6 is 0 Å². The van der Waals surface area contributed by atoms with Gasteiger partial charge in [0.05, 0.1) is 0 Å². The number of benzene rings is 1. The van der Waals surface area contributed by atoms with Gasteiger partial charge in [0.25, 0.3) is 0 Å². The molecular formula is C11H14N2O. The second-order valence-corrected chi connectivity index (χ2v) is 3.46. The van der Waals surface area contributed by atoms with Gasteiger partial charge >= 0.3 is 0 Å². The average Bonchev–Trinajstić information content (AvgIpc) is 2.56. The van der Waals surface area contributed by atoms with Crippen molar-refractivity contribution < 1.29 is 5.11 Å². The molecule has 0 fully saturated rings. The fourth-order valence-corrected chi connectivity index (χ4v) is 1.75. The second kappa shape index (κ2) is 3.44. The number of nitrogens with one attached hydrogen (secondary N) is 1. The van der Waals surface area contributed by atoms with E-state index in [0.29, 0.717) is 0 Å². The lowest BCUT2D eigenvalue weighted by Crippen LogP contribution is -2.12. The van der Waals surface area contributed by atoms with Crippen LogP contribution in [0.1, 0.15) is 17.4 Å². The van der Waals surface area contributed by atoms with Gasteiger partial charge in [-0.15, -0.1) is 0 Å². The molecule has 2 aromatic rings. The van der Waals surface area contributed by atoms with E-state index < -0.39 is 6.10 Å². The van der Waals surface area contributed by atoms with Crippen molar-refractivity contribution >= 4 is 10.9 Å². The Labute approximate surface area is 82.6 Å². The molecule has 0 aliphatic rings. The summed E-state index contributed by atoms with van der Waals surface area (Å²) >= 11 is 0. The van der Waals surface area contributed by atoms with Gasteiger partial charge in [-0.2, -0.15) is 0 Å².